The van der Waals surface area contributed by atoms with Crippen LogP contribution in [0.2, 0.25) is 6.04 Å². The molecule has 0 saturated carbocycles. The highest BCUT2D eigenvalue weighted by Crippen LogP contribution is 2.38. The number of benzene rings is 2. The zero-order valence-corrected chi connectivity index (χ0v) is 19.7. The highest BCUT2D eigenvalue weighted by molar-refractivity contribution is 6.60. The Balaban J connectivity index is 1.47. The third kappa shape index (κ3) is 5.95. The molecular weight excluding hydrogens is 410 g/mol. The van der Waals surface area contributed by atoms with Crippen LogP contribution in [0.1, 0.15) is 43.9 Å². The van der Waals surface area contributed by atoms with Gasteiger partial charge in [0, 0.05) is 32.4 Å². The molecular formula is C24H33NO5Si. The van der Waals surface area contributed by atoms with Gasteiger partial charge in [-0.1, -0.05) is 42.5 Å². The lowest BCUT2D eigenvalue weighted by Gasteiger charge is -2.28. The van der Waals surface area contributed by atoms with E-state index in [4.69, 9.17) is 18.0 Å². The Morgan fingerprint density at radius 3 is 2.32 bits per heavy atom. The van der Waals surface area contributed by atoms with Crippen molar-refractivity contribution in [3.63, 3.8) is 0 Å². The molecule has 1 aliphatic carbocycles. The molecule has 2 aromatic carbocycles. The second-order valence-corrected chi connectivity index (χ2v) is 10.1. The smallest absolute Gasteiger partial charge is 0.445 e. The van der Waals surface area contributed by atoms with Gasteiger partial charge in [0.25, 0.3) is 0 Å². The number of amides is 1. The fourth-order valence-corrected chi connectivity index (χ4v) is 6.66. The molecule has 0 radical (unpaired) electrons. The summed E-state index contributed by atoms with van der Waals surface area (Å²) in [7, 11) is -2.67. The number of hydrogen-bond acceptors (Lipinski definition) is 5. The van der Waals surface area contributed by atoms with Gasteiger partial charge in [-0.2, -0.15) is 0 Å². The molecule has 168 valence electrons. The predicted molar refractivity (Wildman–Crippen MR) is 123 cm³/mol. The summed E-state index contributed by atoms with van der Waals surface area (Å²) in [5.41, 5.74) is 6.13. The third-order valence-corrected chi connectivity index (χ3v) is 8.48. The summed E-state index contributed by atoms with van der Waals surface area (Å²) in [6.45, 7) is 8.21. The molecule has 1 N–H and O–H groups in total. The average Bonchev–Trinajstić information content (AvgIpc) is 3.15. The van der Waals surface area contributed by atoms with E-state index in [-0.39, 0.29) is 6.61 Å². The van der Waals surface area contributed by atoms with E-state index in [0.29, 0.717) is 38.8 Å². The lowest BCUT2D eigenvalue weighted by Crippen LogP contribution is -2.46. The van der Waals surface area contributed by atoms with Crippen LogP contribution in [0.25, 0.3) is 11.1 Å². The molecule has 0 spiro atoms. The van der Waals surface area contributed by atoms with Crippen molar-refractivity contribution in [3.05, 3.63) is 59.2 Å². The summed E-state index contributed by atoms with van der Waals surface area (Å²) in [6.07, 6.45) is 1.17. The molecule has 0 bridgehead atoms. The lowest BCUT2D eigenvalue weighted by atomic mass is 10.0. The van der Waals surface area contributed by atoms with E-state index in [0.717, 1.165) is 12.0 Å². The molecule has 31 heavy (non-hydrogen) atoms. The Hall–Kier alpha value is -2.19. The van der Waals surface area contributed by atoms with Crippen LogP contribution in [0.5, 0.6) is 0 Å². The maximum Gasteiger partial charge on any atom is 0.500 e. The van der Waals surface area contributed by atoms with Crippen molar-refractivity contribution in [1.29, 1.82) is 0 Å². The molecule has 2 aromatic rings. The minimum Gasteiger partial charge on any atom is -0.445 e. The molecule has 3 rings (SSSR count). The number of hydrogen-bond donors (Lipinski definition) is 1. The zero-order chi connectivity index (χ0) is 22.1. The Bertz CT molecular complexity index is 856. The lowest BCUT2D eigenvalue weighted by molar-refractivity contribution is 0.0706. The van der Waals surface area contributed by atoms with Crippen LogP contribution in [0.4, 0.5) is 4.79 Å². The van der Waals surface area contributed by atoms with E-state index in [9.17, 15) is 4.79 Å². The molecule has 0 fully saturated rings. The predicted octanol–water partition coefficient (Wildman–Crippen LogP) is 4.92. The molecule has 0 aliphatic heterocycles. The maximum atomic E-state index is 12.2. The van der Waals surface area contributed by atoms with Crippen LogP contribution in [0, 0.1) is 0 Å². The van der Waals surface area contributed by atoms with Gasteiger partial charge < -0.3 is 23.3 Å². The van der Waals surface area contributed by atoms with E-state index in [2.05, 4.69) is 35.6 Å². The average molecular weight is 444 g/mol. The maximum absolute atomic E-state index is 12.2. The van der Waals surface area contributed by atoms with Crippen molar-refractivity contribution in [3.8, 4) is 11.1 Å². The van der Waals surface area contributed by atoms with Crippen molar-refractivity contribution in [2.45, 2.75) is 46.3 Å². The highest BCUT2D eigenvalue weighted by atomic mass is 28.4. The second-order valence-electron chi connectivity index (χ2n) is 7.37. The van der Waals surface area contributed by atoms with Gasteiger partial charge >= 0.3 is 14.9 Å². The largest absolute Gasteiger partial charge is 0.500 e. The summed E-state index contributed by atoms with van der Waals surface area (Å²) >= 11 is 0. The monoisotopic (exact) mass is 443 g/mol. The fourth-order valence-electron chi connectivity index (χ4n) is 4.05. The third-order valence-electron chi connectivity index (χ3n) is 5.33. The Kier molecular flexibility index (Phi) is 8.66. The minimum atomic E-state index is -2.67. The summed E-state index contributed by atoms with van der Waals surface area (Å²) in [5, 5.41) is 2.83. The number of carbonyl (C=O) groups excluding carboxylic acids is 1. The van der Waals surface area contributed by atoms with Crippen LogP contribution in [-0.4, -0.2) is 41.3 Å². The van der Waals surface area contributed by atoms with E-state index >= 15 is 0 Å². The summed E-state index contributed by atoms with van der Waals surface area (Å²) in [4.78, 5) is 12.2. The number of nitrogens with one attached hydrogen (secondary N) is 1. The number of rotatable bonds is 12. The van der Waals surface area contributed by atoms with Gasteiger partial charge in [-0.3, -0.25) is 0 Å². The summed E-state index contributed by atoms with van der Waals surface area (Å²) in [5.74, 6) is 0. The van der Waals surface area contributed by atoms with E-state index in [1.165, 1.54) is 22.3 Å². The van der Waals surface area contributed by atoms with E-state index in [1.54, 1.807) is 0 Å². The zero-order valence-electron chi connectivity index (χ0n) is 18.7. The second kappa shape index (κ2) is 11.4. The van der Waals surface area contributed by atoms with Gasteiger partial charge in [-0.15, -0.1) is 0 Å². The number of carbonyl (C=O) groups is 1. The number of alkyl carbamates (subject to hydrolysis) is 1. The molecule has 1 amide bonds. The van der Waals surface area contributed by atoms with E-state index in [1.807, 2.05) is 32.9 Å². The van der Waals surface area contributed by atoms with Crippen molar-refractivity contribution in [2.24, 2.45) is 0 Å². The first-order chi connectivity index (χ1) is 15.1. The van der Waals surface area contributed by atoms with Gasteiger partial charge in [-0.25, -0.2) is 4.79 Å². The topological polar surface area (TPSA) is 66.0 Å². The minimum absolute atomic E-state index is 0.262. The molecule has 0 saturated heterocycles. The van der Waals surface area contributed by atoms with Crippen molar-refractivity contribution in [2.75, 3.05) is 26.4 Å². The van der Waals surface area contributed by atoms with Crippen molar-refractivity contribution < 1.29 is 22.8 Å². The first-order valence-corrected chi connectivity index (χ1v) is 13.1. The van der Waals surface area contributed by atoms with Crippen LogP contribution in [-0.2, 0) is 31.0 Å². The number of fused-ring (bicyclic) bond motifs is 3. The van der Waals surface area contributed by atoms with Crippen LogP contribution >= 0.6 is 0 Å². The first kappa shape index (κ1) is 23.5. The first-order valence-electron chi connectivity index (χ1n) is 11.1. The highest BCUT2D eigenvalue weighted by Gasteiger charge is 2.39. The standard InChI is InChI=1S/C24H33NO5Si/c1-4-28-31(29-5-2,30-6-3)16-10-15-25-24(26)27-18-20-12-9-14-22-21-13-8-7-11-19(21)17-23(20)22/h7-9,11-14H,4-6,10,15-18H2,1-3H3,(H,25,26). The quantitative estimate of drug-likeness (QED) is 0.318. The summed E-state index contributed by atoms with van der Waals surface area (Å²) in [6, 6.07) is 15.3. The van der Waals surface area contributed by atoms with Crippen molar-refractivity contribution >= 4 is 14.9 Å². The van der Waals surface area contributed by atoms with Gasteiger partial charge in [0.15, 0.2) is 0 Å². The Labute approximate surface area is 186 Å². The molecule has 6 nitrogen and oxygen atoms in total. The van der Waals surface area contributed by atoms with Gasteiger partial charge in [0.1, 0.15) is 6.61 Å². The Morgan fingerprint density at radius 1 is 0.935 bits per heavy atom. The normalized spacial score (nSPS) is 12.4. The molecule has 7 heteroatoms. The molecule has 1 aliphatic rings. The number of ether oxygens (including phenoxy) is 1. The van der Waals surface area contributed by atoms with Crippen molar-refractivity contribution in [1.82, 2.24) is 5.32 Å². The van der Waals surface area contributed by atoms with Gasteiger partial charge in [0.2, 0.25) is 0 Å². The fraction of sp³-hybridized carbons (Fsp3) is 0.458. The van der Waals surface area contributed by atoms with Gasteiger partial charge in [0.05, 0.1) is 0 Å². The van der Waals surface area contributed by atoms with Gasteiger partial charge in [-0.05, 0) is 61.4 Å². The Morgan fingerprint density at radius 2 is 1.61 bits per heavy atom. The molecule has 0 atom stereocenters. The molecule has 0 heterocycles. The SMILES string of the molecule is CCO[Si](CCCNC(=O)OCc1cccc2c1Cc1ccccc1-2)(OCC)OCC. The summed E-state index contributed by atoms with van der Waals surface area (Å²) < 4.78 is 23.0. The van der Waals surface area contributed by atoms with Crippen LogP contribution in [0.15, 0.2) is 42.5 Å². The molecule has 0 unspecified atom stereocenters. The van der Waals surface area contributed by atoms with Crippen LogP contribution < -0.4 is 5.32 Å². The molecule has 0 aromatic heterocycles. The van der Waals surface area contributed by atoms with E-state index < -0.39 is 14.9 Å². The van der Waals surface area contributed by atoms with Crippen LogP contribution in [0.3, 0.4) is 0 Å².